The van der Waals surface area contributed by atoms with Crippen molar-refractivity contribution in [3.8, 4) is 5.69 Å². The quantitative estimate of drug-likeness (QED) is 0.751. The van der Waals surface area contributed by atoms with Crippen molar-refractivity contribution in [2.75, 3.05) is 13.2 Å². The number of benzene rings is 1. The van der Waals surface area contributed by atoms with Gasteiger partial charge in [0.05, 0.1) is 22.4 Å². The summed E-state index contributed by atoms with van der Waals surface area (Å²) in [7, 11) is 0. The van der Waals surface area contributed by atoms with Crippen molar-refractivity contribution in [2.24, 2.45) is 0 Å². The Morgan fingerprint density at radius 2 is 2.24 bits per heavy atom. The topological polar surface area (TPSA) is 56.2 Å². The maximum absolute atomic E-state index is 12.5. The van der Waals surface area contributed by atoms with Crippen LogP contribution in [0.25, 0.3) is 15.9 Å². The normalized spacial score (nSPS) is 17.3. The summed E-state index contributed by atoms with van der Waals surface area (Å²) in [6, 6.07) is 9.43. The fraction of sp³-hybridized carbons (Fsp3) is 0.333. The van der Waals surface area contributed by atoms with E-state index >= 15 is 0 Å². The highest BCUT2D eigenvalue weighted by Gasteiger charge is 2.20. The molecule has 130 valence electrons. The van der Waals surface area contributed by atoms with Crippen molar-refractivity contribution < 1.29 is 9.53 Å². The Balaban J connectivity index is 1.60. The van der Waals surface area contributed by atoms with Crippen LogP contribution in [0.2, 0.25) is 5.02 Å². The van der Waals surface area contributed by atoms with Crippen LogP contribution >= 0.6 is 22.9 Å². The van der Waals surface area contributed by atoms with Crippen LogP contribution in [0, 0.1) is 6.92 Å². The minimum Gasteiger partial charge on any atom is -0.376 e. The number of carbonyl (C=O) groups excluding carboxylic acids is 1. The number of nitrogens with one attached hydrogen (secondary N) is 1. The fourth-order valence-corrected chi connectivity index (χ4v) is 4.24. The standard InChI is InChI=1S/C18H18ClN3O2S/c1-11-15-9-16(17(23)20-10-14-3-2-8-24-14)25-18(15)22(21-11)13-6-4-12(19)5-7-13/h4-7,9,14H,2-3,8,10H2,1H3,(H,20,23)/t14-/m1/s1. The first kappa shape index (κ1) is 16.6. The largest absolute Gasteiger partial charge is 0.376 e. The zero-order valence-corrected chi connectivity index (χ0v) is 15.4. The number of carbonyl (C=O) groups is 1. The van der Waals surface area contributed by atoms with E-state index in [1.54, 1.807) is 0 Å². The molecule has 1 N–H and O–H groups in total. The fourth-order valence-electron chi connectivity index (χ4n) is 3.02. The second-order valence-corrected chi connectivity index (χ2v) is 7.62. The van der Waals surface area contributed by atoms with Crippen LogP contribution in [0.15, 0.2) is 30.3 Å². The molecule has 25 heavy (non-hydrogen) atoms. The van der Waals surface area contributed by atoms with Crippen molar-refractivity contribution in [3.63, 3.8) is 0 Å². The van der Waals surface area contributed by atoms with Gasteiger partial charge < -0.3 is 10.1 Å². The molecule has 0 aliphatic carbocycles. The summed E-state index contributed by atoms with van der Waals surface area (Å²) in [5.41, 5.74) is 1.83. The average molecular weight is 376 g/mol. The van der Waals surface area contributed by atoms with Crippen molar-refractivity contribution in [1.29, 1.82) is 0 Å². The first-order chi connectivity index (χ1) is 12.1. The highest BCUT2D eigenvalue weighted by molar-refractivity contribution is 7.20. The maximum Gasteiger partial charge on any atom is 0.261 e. The molecule has 3 aromatic rings. The lowest BCUT2D eigenvalue weighted by molar-refractivity contribution is 0.0861. The van der Waals surface area contributed by atoms with Gasteiger partial charge in [0.25, 0.3) is 5.91 Å². The second kappa shape index (κ2) is 6.78. The molecule has 1 aromatic carbocycles. The molecule has 3 heterocycles. The maximum atomic E-state index is 12.5. The third-order valence-electron chi connectivity index (χ3n) is 4.35. The van der Waals surface area contributed by atoms with Crippen LogP contribution in [-0.4, -0.2) is 34.9 Å². The predicted molar refractivity (Wildman–Crippen MR) is 100 cm³/mol. The molecule has 4 rings (SSSR count). The molecule has 5 nitrogen and oxygen atoms in total. The van der Waals surface area contributed by atoms with E-state index < -0.39 is 0 Å². The number of fused-ring (bicyclic) bond motifs is 1. The Morgan fingerprint density at radius 3 is 2.96 bits per heavy atom. The van der Waals surface area contributed by atoms with Crippen LogP contribution in [0.4, 0.5) is 0 Å². The monoisotopic (exact) mass is 375 g/mol. The van der Waals surface area contributed by atoms with Gasteiger partial charge in [0.2, 0.25) is 0 Å². The van der Waals surface area contributed by atoms with E-state index in [0.29, 0.717) is 16.4 Å². The molecular formula is C18H18ClN3O2S. The molecule has 1 aliphatic rings. The Labute approximate surface area is 154 Å². The Morgan fingerprint density at radius 1 is 1.44 bits per heavy atom. The lowest BCUT2D eigenvalue weighted by atomic mass is 10.2. The van der Waals surface area contributed by atoms with Crippen LogP contribution < -0.4 is 5.32 Å². The van der Waals surface area contributed by atoms with E-state index in [4.69, 9.17) is 16.3 Å². The zero-order valence-electron chi connectivity index (χ0n) is 13.8. The molecule has 0 saturated carbocycles. The number of aromatic nitrogens is 2. The first-order valence-electron chi connectivity index (χ1n) is 8.27. The van der Waals surface area contributed by atoms with E-state index in [2.05, 4.69) is 10.4 Å². The molecule has 2 aromatic heterocycles. The minimum absolute atomic E-state index is 0.0567. The minimum atomic E-state index is -0.0567. The van der Waals surface area contributed by atoms with Crippen LogP contribution in [0.5, 0.6) is 0 Å². The van der Waals surface area contributed by atoms with Crippen LogP contribution in [-0.2, 0) is 4.74 Å². The zero-order chi connectivity index (χ0) is 17.4. The van der Waals surface area contributed by atoms with Gasteiger partial charge in [-0.2, -0.15) is 5.10 Å². The third-order valence-corrected chi connectivity index (χ3v) is 5.72. The van der Waals surface area contributed by atoms with E-state index in [1.165, 1.54) is 11.3 Å². The SMILES string of the molecule is Cc1nn(-c2ccc(Cl)cc2)c2sc(C(=O)NC[C@H]3CCCO3)cc12. The molecule has 0 radical (unpaired) electrons. The number of rotatable bonds is 4. The molecule has 1 saturated heterocycles. The highest BCUT2D eigenvalue weighted by atomic mass is 35.5. The number of halogens is 1. The van der Waals surface area contributed by atoms with Gasteiger partial charge in [-0.05, 0) is 50.1 Å². The van der Waals surface area contributed by atoms with Crippen molar-refractivity contribution in [2.45, 2.75) is 25.9 Å². The number of nitrogens with zero attached hydrogens (tertiary/aromatic N) is 2. The van der Waals surface area contributed by atoms with Gasteiger partial charge in [-0.25, -0.2) is 4.68 Å². The third kappa shape index (κ3) is 3.29. The van der Waals surface area contributed by atoms with Gasteiger partial charge in [0, 0.05) is 23.6 Å². The molecule has 1 fully saturated rings. The van der Waals surface area contributed by atoms with Gasteiger partial charge in [-0.3, -0.25) is 4.79 Å². The first-order valence-corrected chi connectivity index (χ1v) is 9.46. The van der Waals surface area contributed by atoms with Crippen LogP contribution in [0.3, 0.4) is 0 Å². The number of hydrogen-bond donors (Lipinski definition) is 1. The smallest absolute Gasteiger partial charge is 0.261 e. The van der Waals surface area contributed by atoms with Gasteiger partial charge in [0.15, 0.2) is 0 Å². The molecule has 1 amide bonds. The summed E-state index contributed by atoms with van der Waals surface area (Å²) in [6.07, 6.45) is 2.22. The number of hydrogen-bond acceptors (Lipinski definition) is 4. The van der Waals surface area contributed by atoms with E-state index in [0.717, 1.165) is 41.0 Å². The Hall–Kier alpha value is -1.89. The van der Waals surface area contributed by atoms with E-state index in [-0.39, 0.29) is 12.0 Å². The summed E-state index contributed by atoms with van der Waals surface area (Å²) >= 11 is 7.42. The molecule has 1 aliphatic heterocycles. The predicted octanol–water partition coefficient (Wildman–Crippen LogP) is 3.96. The van der Waals surface area contributed by atoms with Gasteiger partial charge in [-0.1, -0.05) is 11.6 Å². The van der Waals surface area contributed by atoms with Gasteiger partial charge in [-0.15, -0.1) is 11.3 Å². The summed E-state index contributed by atoms with van der Waals surface area (Å²) in [5.74, 6) is -0.0567. The lowest BCUT2D eigenvalue weighted by Gasteiger charge is -2.09. The molecule has 0 unspecified atom stereocenters. The molecule has 0 bridgehead atoms. The van der Waals surface area contributed by atoms with Crippen molar-refractivity contribution in [1.82, 2.24) is 15.1 Å². The molecular weight excluding hydrogens is 358 g/mol. The van der Waals surface area contributed by atoms with Crippen molar-refractivity contribution >= 4 is 39.1 Å². The average Bonchev–Trinajstić information content (AvgIpc) is 3.32. The van der Waals surface area contributed by atoms with Crippen LogP contribution in [0.1, 0.15) is 28.2 Å². The van der Waals surface area contributed by atoms with Crippen molar-refractivity contribution in [3.05, 3.63) is 45.9 Å². The Bertz CT molecular complexity index is 910. The summed E-state index contributed by atoms with van der Waals surface area (Å²) in [4.78, 5) is 14.1. The van der Waals surface area contributed by atoms with E-state index in [1.807, 2.05) is 41.9 Å². The lowest BCUT2D eigenvalue weighted by Crippen LogP contribution is -2.31. The Kier molecular flexibility index (Phi) is 4.50. The molecule has 1 atom stereocenters. The number of aryl methyl sites for hydroxylation is 1. The molecule has 0 spiro atoms. The summed E-state index contributed by atoms with van der Waals surface area (Å²) < 4.78 is 7.42. The summed E-state index contributed by atoms with van der Waals surface area (Å²) in [5, 5.41) is 9.26. The van der Waals surface area contributed by atoms with E-state index in [9.17, 15) is 4.79 Å². The second-order valence-electron chi connectivity index (χ2n) is 6.15. The number of ether oxygens (including phenoxy) is 1. The van der Waals surface area contributed by atoms with Gasteiger partial charge >= 0.3 is 0 Å². The molecule has 7 heteroatoms. The number of amides is 1. The highest BCUT2D eigenvalue weighted by Crippen LogP contribution is 2.30. The number of thiophene rings is 1. The van der Waals surface area contributed by atoms with Gasteiger partial charge in [0.1, 0.15) is 4.83 Å². The summed E-state index contributed by atoms with van der Waals surface area (Å²) in [6.45, 7) is 3.31.